The minimum absolute atomic E-state index is 0.00812. The van der Waals surface area contributed by atoms with E-state index in [2.05, 4.69) is 5.32 Å². The Bertz CT molecular complexity index is 493. The van der Waals surface area contributed by atoms with E-state index in [4.69, 9.17) is 22.1 Å². The maximum atomic E-state index is 12.4. The van der Waals surface area contributed by atoms with Crippen LogP contribution in [-0.2, 0) is 4.79 Å². The lowest BCUT2D eigenvalue weighted by Crippen LogP contribution is -2.34. The van der Waals surface area contributed by atoms with Crippen LogP contribution in [0.5, 0.6) is 5.75 Å². The summed E-state index contributed by atoms with van der Waals surface area (Å²) in [5.74, 6) is 0.648. The van der Waals surface area contributed by atoms with Gasteiger partial charge in [0.1, 0.15) is 5.75 Å². The third-order valence-corrected chi connectivity index (χ3v) is 3.98. The van der Waals surface area contributed by atoms with Crippen molar-refractivity contribution in [3.8, 4) is 5.75 Å². The molecule has 116 valence electrons. The Kier molecular flexibility index (Phi) is 5.88. The highest BCUT2D eigenvalue weighted by Crippen LogP contribution is 2.30. The van der Waals surface area contributed by atoms with Crippen LogP contribution in [0.1, 0.15) is 39.0 Å². The Hall–Kier alpha value is -1.26. The summed E-state index contributed by atoms with van der Waals surface area (Å²) in [5.41, 5.74) is 6.59. The van der Waals surface area contributed by atoms with Gasteiger partial charge in [0.05, 0.1) is 12.3 Å². The van der Waals surface area contributed by atoms with Gasteiger partial charge in [-0.05, 0) is 43.9 Å². The number of nitrogens with two attached hydrogens (primary N) is 1. The van der Waals surface area contributed by atoms with E-state index in [0.717, 1.165) is 32.1 Å². The molecule has 0 aromatic heterocycles. The summed E-state index contributed by atoms with van der Waals surface area (Å²) >= 11 is 6.02. The first kappa shape index (κ1) is 16.1. The average molecular weight is 311 g/mol. The molecule has 21 heavy (non-hydrogen) atoms. The van der Waals surface area contributed by atoms with Crippen molar-refractivity contribution in [2.75, 3.05) is 11.9 Å². The van der Waals surface area contributed by atoms with Gasteiger partial charge >= 0.3 is 0 Å². The zero-order valence-electron chi connectivity index (χ0n) is 12.4. The van der Waals surface area contributed by atoms with E-state index in [0.29, 0.717) is 23.1 Å². The molecule has 1 aromatic carbocycles. The highest BCUT2D eigenvalue weighted by atomic mass is 35.5. The molecule has 1 amide bonds. The first-order valence-electron chi connectivity index (χ1n) is 7.59. The van der Waals surface area contributed by atoms with E-state index in [-0.39, 0.29) is 17.9 Å². The van der Waals surface area contributed by atoms with Gasteiger partial charge in [-0.15, -0.1) is 0 Å². The summed E-state index contributed by atoms with van der Waals surface area (Å²) in [6.07, 6.45) is 4.57. The molecule has 1 saturated carbocycles. The van der Waals surface area contributed by atoms with Crippen LogP contribution in [0.2, 0.25) is 5.02 Å². The largest absolute Gasteiger partial charge is 0.491 e. The molecule has 5 heteroatoms. The molecule has 0 saturated heterocycles. The second kappa shape index (κ2) is 7.66. The maximum absolute atomic E-state index is 12.4. The van der Waals surface area contributed by atoms with E-state index < -0.39 is 0 Å². The predicted molar refractivity (Wildman–Crippen MR) is 85.8 cm³/mol. The number of carbonyl (C=O) groups is 1. The van der Waals surface area contributed by atoms with Gasteiger partial charge in [0.2, 0.25) is 5.91 Å². The second-order valence-electron chi connectivity index (χ2n) is 5.60. The smallest absolute Gasteiger partial charge is 0.227 e. The van der Waals surface area contributed by atoms with Gasteiger partial charge in [-0.1, -0.05) is 24.9 Å². The summed E-state index contributed by atoms with van der Waals surface area (Å²) in [4.78, 5) is 12.4. The Morgan fingerprint density at radius 2 is 2.29 bits per heavy atom. The van der Waals surface area contributed by atoms with Gasteiger partial charge in [0.15, 0.2) is 0 Å². The Labute approximate surface area is 131 Å². The van der Waals surface area contributed by atoms with Crippen LogP contribution in [0, 0.1) is 5.92 Å². The number of ether oxygens (including phenoxy) is 1. The van der Waals surface area contributed by atoms with Gasteiger partial charge in [-0.3, -0.25) is 4.79 Å². The van der Waals surface area contributed by atoms with Crippen molar-refractivity contribution in [2.24, 2.45) is 11.7 Å². The van der Waals surface area contributed by atoms with Crippen molar-refractivity contribution in [1.29, 1.82) is 0 Å². The first-order chi connectivity index (χ1) is 10.1. The van der Waals surface area contributed by atoms with Gasteiger partial charge in [0, 0.05) is 17.0 Å². The lowest BCUT2D eigenvalue weighted by molar-refractivity contribution is -0.120. The van der Waals surface area contributed by atoms with Crippen molar-refractivity contribution in [2.45, 2.75) is 45.1 Å². The molecule has 2 rings (SSSR count). The van der Waals surface area contributed by atoms with Crippen LogP contribution in [0.4, 0.5) is 5.69 Å². The number of hydrogen-bond donors (Lipinski definition) is 2. The van der Waals surface area contributed by atoms with Crippen molar-refractivity contribution in [3.05, 3.63) is 23.2 Å². The average Bonchev–Trinajstić information content (AvgIpc) is 2.46. The molecule has 1 fully saturated rings. The number of carbonyl (C=O) groups excluding carboxylic acids is 1. The topological polar surface area (TPSA) is 64.3 Å². The van der Waals surface area contributed by atoms with Crippen LogP contribution in [-0.4, -0.2) is 18.6 Å². The van der Waals surface area contributed by atoms with E-state index >= 15 is 0 Å². The molecule has 0 heterocycles. The summed E-state index contributed by atoms with van der Waals surface area (Å²) in [7, 11) is 0. The lowest BCUT2D eigenvalue weighted by atomic mass is 9.85. The molecule has 1 aliphatic rings. The standard InChI is InChI=1S/C16H23ClN2O2/c1-2-8-21-15-7-6-12(17)10-14(15)19-16(20)11-4-3-5-13(18)9-11/h6-7,10-11,13H,2-5,8-9,18H2,1H3,(H,19,20). The van der Waals surface area contributed by atoms with Crippen molar-refractivity contribution < 1.29 is 9.53 Å². The van der Waals surface area contributed by atoms with Gasteiger partial charge < -0.3 is 15.8 Å². The van der Waals surface area contributed by atoms with Crippen LogP contribution in [0.3, 0.4) is 0 Å². The molecule has 0 radical (unpaired) electrons. The number of nitrogens with one attached hydrogen (secondary N) is 1. The van der Waals surface area contributed by atoms with Crippen LogP contribution >= 0.6 is 11.6 Å². The fourth-order valence-electron chi connectivity index (χ4n) is 2.64. The van der Waals surface area contributed by atoms with Crippen LogP contribution < -0.4 is 15.8 Å². The summed E-state index contributed by atoms with van der Waals surface area (Å²) in [5, 5.41) is 3.52. The van der Waals surface area contributed by atoms with Gasteiger partial charge in [-0.2, -0.15) is 0 Å². The maximum Gasteiger partial charge on any atom is 0.227 e. The molecule has 1 aromatic rings. The number of rotatable bonds is 5. The number of amides is 1. The number of hydrogen-bond acceptors (Lipinski definition) is 3. The number of anilines is 1. The number of benzene rings is 1. The molecule has 0 aliphatic heterocycles. The molecule has 4 nitrogen and oxygen atoms in total. The fraction of sp³-hybridized carbons (Fsp3) is 0.562. The molecule has 3 N–H and O–H groups in total. The monoisotopic (exact) mass is 310 g/mol. The lowest BCUT2D eigenvalue weighted by Gasteiger charge is -2.26. The van der Waals surface area contributed by atoms with Gasteiger partial charge in [-0.25, -0.2) is 0 Å². The minimum atomic E-state index is -0.0215. The molecule has 2 unspecified atom stereocenters. The zero-order valence-corrected chi connectivity index (χ0v) is 13.2. The molecule has 1 aliphatic carbocycles. The SMILES string of the molecule is CCCOc1ccc(Cl)cc1NC(=O)C1CCCC(N)C1. The van der Waals surface area contributed by atoms with Crippen LogP contribution in [0.15, 0.2) is 18.2 Å². The Balaban J connectivity index is 2.06. The minimum Gasteiger partial charge on any atom is -0.491 e. The summed E-state index contributed by atoms with van der Waals surface area (Å²) in [6.45, 7) is 2.65. The van der Waals surface area contributed by atoms with Gasteiger partial charge in [0.25, 0.3) is 0 Å². The molecule has 0 spiro atoms. The van der Waals surface area contributed by atoms with E-state index in [1.54, 1.807) is 18.2 Å². The molecular formula is C16H23ClN2O2. The zero-order chi connectivity index (χ0) is 15.2. The first-order valence-corrected chi connectivity index (χ1v) is 7.96. The Morgan fingerprint density at radius 3 is 3.00 bits per heavy atom. The van der Waals surface area contributed by atoms with Crippen molar-refractivity contribution in [3.63, 3.8) is 0 Å². The van der Waals surface area contributed by atoms with E-state index in [1.807, 2.05) is 6.92 Å². The predicted octanol–water partition coefficient (Wildman–Crippen LogP) is 3.58. The molecule has 2 atom stereocenters. The third-order valence-electron chi connectivity index (χ3n) is 3.75. The Morgan fingerprint density at radius 1 is 1.48 bits per heavy atom. The van der Waals surface area contributed by atoms with E-state index in [1.165, 1.54) is 0 Å². The highest BCUT2D eigenvalue weighted by Gasteiger charge is 2.26. The normalized spacial score (nSPS) is 21.9. The molecular weight excluding hydrogens is 288 g/mol. The second-order valence-corrected chi connectivity index (χ2v) is 6.04. The van der Waals surface area contributed by atoms with Crippen molar-refractivity contribution >= 4 is 23.2 Å². The van der Waals surface area contributed by atoms with Crippen molar-refractivity contribution in [1.82, 2.24) is 0 Å². The highest BCUT2D eigenvalue weighted by molar-refractivity contribution is 6.31. The van der Waals surface area contributed by atoms with E-state index in [9.17, 15) is 4.79 Å². The fourth-order valence-corrected chi connectivity index (χ4v) is 2.81. The quantitative estimate of drug-likeness (QED) is 0.873. The molecule has 0 bridgehead atoms. The van der Waals surface area contributed by atoms with Crippen LogP contribution in [0.25, 0.3) is 0 Å². The third kappa shape index (κ3) is 4.61. The summed E-state index contributed by atoms with van der Waals surface area (Å²) < 4.78 is 5.65. The summed E-state index contributed by atoms with van der Waals surface area (Å²) in [6, 6.07) is 5.41. The number of halogens is 1.